The van der Waals surface area contributed by atoms with E-state index in [0.717, 1.165) is 19.5 Å². The van der Waals surface area contributed by atoms with Crippen LogP contribution in [0.5, 0.6) is 11.5 Å². The summed E-state index contributed by atoms with van der Waals surface area (Å²) >= 11 is 0. The highest BCUT2D eigenvalue weighted by atomic mass is 32.2. The van der Waals surface area contributed by atoms with E-state index in [2.05, 4.69) is 21.3 Å². The zero-order valence-corrected chi connectivity index (χ0v) is 18.3. The van der Waals surface area contributed by atoms with E-state index in [1.54, 1.807) is 6.07 Å². The smallest absolute Gasteiger partial charge is 0.330 e. The third kappa shape index (κ3) is 6.45. The van der Waals surface area contributed by atoms with Crippen LogP contribution >= 0.6 is 0 Å². The van der Waals surface area contributed by atoms with Crippen molar-refractivity contribution < 1.29 is 27.4 Å². The van der Waals surface area contributed by atoms with Crippen molar-refractivity contribution in [1.29, 1.82) is 0 Å². The van der Waals surface area contributed by atoms with Gasteiger partial charge in [-0.15, -0.1) is 0 Å². The number of hydrogen-bond donors (Lipinski definition) is 1. The fraction of sp³-hybridized carbons (Fsp3) is 0.550. The van der Waals surface area contributed by atoms with Gasteiger partial charge in [-0.3, -0.25) is 0 Å². The van der Waals surface area contributed by atoms with E-state index in [9.17, 15) is 13.2 Å². The van der Waals surface area contributed by atoms with Crippen LogP contribution < -0.4 is 14.2 Å². The van der Waals surface area contributed by atoms with Crippen molar-refractivity contribution in [2.24, 2.45) is 5.92 Å². The summed E-state index contributed by atoms with van der Waals surface area (Å²) in [5, 5.41) is 0. The molecule has 8 nitrogen and oxygen atoms in total. The Hall–Kier alpha value is -2.10. The van der Waals surface area contributed by atoms with Crippen molar-refractivity contribution >= 4 is 22.1 Å². The van der Waals surface area contributed by atoms with Crippen molar-refractivity contribution in [3.8, 4) is 11.5 Å². The molecule has 2 rings (SSSR count). The normalized spacial score (nSPS) is 18.0. The van der Waals surface area contributed by atoms with E-state index >= 15 is 0 Å². The molecule has 0 saturated carbocycles. The number of likely N-dealkylation sites (tertiary alicyclic amines) is 1. The number of esters is 1. The summed E-state index contributed by atoms with van der Waals surface area (Å²) in [7, 11) is 0.228. The number of rotatable bonds is 9. The number of carbonyl (C=O) groups excluding carboxylic acids is 1. The molecule has 0 spiro atoms. The molecule has 29 heavy (non-hydrogen) atoms. The summed E-state index contributed by atoms with van der Waals surface area (Å²) < 4.78 is 43.7. The summed E-state index contributed by atoms with van der Waals surface area (Å²) in [4.78, 5) is 13.6. The van der Waals surface area contributed by atoms with Crippen molar-refractivity contribution in [2.75, 3.05) is 47.5 Å². The molecule has 0 bridgehead atoms. The van der Waals surface area contributed by atoms with Crippen LogP contribution in [0.2, 0.25) is 0 Å². The number of sulfonamides is 1. The van der Waals surface area contributed by atoms with Gasteiger partial charge in [0.1, 0.15) is 4.90 Å². The summed E-state index contributed by atoms with van der Waals surface area (Å²) in [6.45, 7) is 5.11. The minimum absolute atomic E-state index is 0.0455. The lowest BCUT2D eigenvalue weighted by molar-refractivity contribution is -0.134. The van der Waals surface area contributed by atoms with E-state index in [4.69, 9.17) is 9.47 Å². The Labute approximate surface area is 172 Å². The molecule has 1 aromatic carbocycles. The third-order valence-electron chi connectivity index (χ3n) is 4.83. The van der Waals surface area contributed by atoms with Crippen LogP contribution in [-0.4, -0.2) is 66.8 Å². The Kier molecular flexibility index (Phi) is 8.48. The van der Waals surface area contributed by atoms with Crippen LogP contribution in [0, 0.1) is 5.92 Å². The van der Waals surface area contributed by atoms with Gasteiger partial charge in [0, 0.05) is 25.7 Å². The summed E-state index contributed by atoms with van der Waals surface area (Å²) in [5.41, 5.74) is 0.471. The lowest BCUT2D eigenvalue weighted by Gasteiger charge is -2.30. The monoisotopic (exact) mass is 426 g/mol. The second-order valence-corrected chi connectivity index (χ2v) is 8.79. The predicted molar refractivity (Wildman–Crippen MR) is 111 cm³/mol. The maximum atomic E-state index is 13.0. The van der Waals surface area contributed by atoms with E-state index in [1.165, 1.54) is 46.0 Å². The van der Waals surface area contributed by atoms with Crippen LogP contribution in [0.4, 0.5) is 0 Å². The Balaban J connectivity index is 2.22. The molecule has 1 aromatic rings. The minimum Gasteiger partial charge on any atom is -0.493 e. The van der Waals surface area contributed by atoms with E-state index in [0.29, 0.717) is 24.6 Å². The number of hydrogen-bond acceptors (Lipinski definition) is 7. The number of nitrogens with one attached hydrogen (secondary N) is 1. The second-order valence-electron chi connectivity index (χ2n) is 7.06. The topological polar surface area (TPSA) is 94.2 Å². The Bertz CT molecular complexity index is 838. The Morgan fingerprint density at radius 3 is 2.66 bits per heavy atom. The number of nitrogens with zero attached hydrogens (tertiary/aromatic N) is 1. The highest BCUT2D eigenvalue weighted by Crippen LogP contribution is 2.36. The quantitative estimate of drug-likeness (QED) is 0.476. The highest BCUT2D eigenvalue weighted by molar-refractivity contribution is 7.89. The third-order valence-corrected chi connectivity index (χ3v) is 6.30. The molecular formula is C20H30N2O6S. The highest BCUT2D eigenvalue weighted by Gasteiger charge is 2.24. The van der Waals surface area contributed by atoms with Crippen LogP contribution in [0.25, 0.3) is 6.08 Å². The molecule has 9 heteroatoms. The predicted octanol–water partition coefficient (Wildman–Crippen LogP) is 1.90. The molecule has 1 aliphatic heterocycles. The van der Waals surface area contributed by atoms with Crippen LogP contribution in [0.3, 0.4) is 0 Å². The Morgan fingerprint density at radius 1 is 1.28 bits per heavy atom. The number of ether oxygens (including phenoxy) is 3. The fourth-order valence-electron chi connectivity index (χ4n) is 3.38. The zero-order chi connectivity index (χ0) is 21.4. The van der Waals surface area contributed by atoms with Crippen molar-refractivity contribution in [1.82, 2.24) is 9.62 Å². The molecule has 1 N–H and O–H groups in total. The second kappa shape index (κ2) is 10.6. The van der Waals surface area contributed by atoms with Gasteiger partial charge >= 0.3 is 5.97 Å². The molecule has 1 saturated heterocycles. The van der Waals surface area contributed by atoms with Gasteiger partial charge in [-0.25, -0.2) is 17.9 Å². The van der Waals surface area contributed by atoms with Gasteiger partial charge in [-0.1, -0.05) is 6.92 Å². The number of benzene rings is 1. The number of methoxy groups -OCH3 is 3. The number of piperidine rings is 1. The molecule has 1 heterocycles. The fourth-order valence-corrected chi connectivity index (χ4v) is 4.62. The molecule has 0 amide bonds. The molecule has 1 aliphatic rings. The lowest BCUT2D eigenvalue weighted by Crippen LogP contribution is -2.40. The summed E-state index contributed by atoms with van der Waals surface area (Å²) in [5.74, 6) is 0.452. The first-order valence-electron chi connectivity index (χ1n) is 9.54. The minimum atomic E-state index is -3.85. The van der Waals surface area contributed by atoms with E-state index in [-0.39, 0.29) is 16.4 Å². The zero-order valence-electron chi connectivity index (χ0n) is 17.4. The Morgan fingerprint density at radius 2 is 2.03 bits per heavy atom. The maximum Gasteiger partial charge on any atom is 0.330 e. The van der Waals surface area contributed by atoms with Gasteiger partial charge < -0.3 is 19.1 Å². The van der Waals surface area contributed by atoms with Crippen LogP contribution in [0.1, 0.15) is 25.3 Å². The SMILES string of the molecule is COC(=O)/C=C/c1cc(OC)c(OC)c(S(=O)(=O)NCCN2CCCC(C)C2)c1. The summed E-state index contributed by atoms with van der Waals surface area (Å²) in [6, 6.07) is 3.03. The molecule has 0 radical (unpaired) electrons. The molecule has 1 fully saturated rings. The van der Waals surface area contributed by atoms with Crippen molar-refractivity contribution in [2.45, 2.75) is 24.7 Å². The van der Waals surface area contributed by atoms with Crippen LogP contribution in [0.15, 0.2) is 23.1 Å². The lowest BCUT2D eigenvalue weighted by atomic mass is 10.0. The van der Waals surface area contributed by atoms with Crippen LogP contribution in [-0.2, 0) is 19.6 Å². The molecule has 1 unspecified atom stereocenters. The van der Waals surface area contributed by atoms with Gasteiger partial charge in [0.2, 0.25) is 10.0 Å². The maximum absolute atomic E-state index is 13.0. The molecular weight excluding hydrogens is 396 g/mol. The van der Waals surface area contributed by atoms with E-state index in [1.807, 2.05) is 0 Å². The largest absolute Gasteiger partial charge is 0.493 e. The van der Waals surface area contributed by atoms with Gasteiger partial charge in [0.15, 0.2) is 11.5 Å². The average Bonchev–Trinajstić information content (AvgIpc) is 2.71. The van der Waals surface area contributed by atoms with Crippen molar-refractivity contribution in [3.05, 3.63) is 23.8 Å². The standard InChI is InChI=1S/C20H30N2O6S/c1-15-6-5-10-22(14-15)11-9-21-29(24,25)18-13-16(7-8-19(23)27-3)12-17(26-2)20(18)28-4/h7-8,12-13,15,21H,5-6,9-11,14H2,1-4H3/b8-7+. The molecule has 1 atom stereocenters. The first-order valence-corrected chi connectivity index (χ1v) is 11.0. The first-order chi connectivity index (χ1) is 13.8. The molecule has 162 valence electrons. The van der Waals surface area contributed by atoms with Crippen molar-refractivity contribution in [3.63, 3.8) is 0 Å². The van der Waals surface area contributed by atoms with E-state index < -0.39 is 16.0 Å². The van der Waals surface area contributed by atoms with Gasteiger partial charge in [0.05, 0.1) is 21.3 Å². The molecule has 0 aliphatic carbocycles. The first kappa shape index (κ1) is 23.2. The average molecular weight is 427 g/mol. The molecule has 0 aromatic heterocycles. The number of carbonyl (C=O) groups is 1. The van der Waals surface area contributed by atoms with Gasteiger partial charge in [-0.05, 0) is 49.1 Å². The van der Waals surface area contributed by atoms with Gasteiger partial charge in [-0.2, -0.15) is 0 Å². The van der Waals surface area contributed by atoms with Gasteiger partial charge in [0.25, 0.3) is 0 Å². The summed E-state index contributed by atoms with van der Waals surface area (Å²) in [6.07, 6.45) is 5.02.